The smallest absolute Gasteiger partial charge is 0.336 e. The van der Waals surface area contributed by atoms with Crippen LogP contribution < -0.4 is 5.32 Å². The Morgan fingerprint density at radius 1 is 0.792 bits per heavy atom. The lowest BCUT2D eigenvalue weighted by atomic mass is 9.82. The molecule has 4 rings (SSSR count). The summed E-state index contributed by atoms with van der Waals surface area (Å²) in [6.45, 7) is 0.924. The van der Waals surface area contributed by atoms with Crippen molar-refractivity contribution in [3.63, 3.8) is 0 Å². The van der Waals surface area contributed by atoms with E-state index in [1.165, 1.54) is 4.90 Å². The minimum Gasteiger partial charge on any atom is -0.356 e. The first-order valence-corrected chi connectivity index (χ1v) is 18.6. The molecule has 11 nitrogen and oxygen atoms in total. The number of amides is 5. The Morgan fingerprint density at radius 3 is 2.19 bits per heavy atom. The van der Waals surface area contributed by atoms with Crippen molar-refractivity contribution < 1.29 is 38.4 Å². The van der Waals surface area contributed by atoms with Crippen LogP contribution >= 0.6 is 11.8 Å². The highest BCUT2D eigenvalue weighted by molar-refractivity contribution is 8.00. The zero-order valence-electron chi connectivity index (χ0n) is 27.8. The molecule has 1 aliphatic carbocycles. The summed E-state index contributed by atoms with van der Waals surface area (Å²) in [5.41, 5.74) is 1.05. The number of thioether (sulfide) groups is 1. The minimum atomic E-state index is -0.542. The molecule has 1 atom stereocenters. The number of nitrogens with zero attached hydrogens (tertiary/aromatic N) is 2. The molecule has 12 heteroatoms. The van der Waals surface area contributed by atoms with Crippen molar-refractivity contribution in [3.8, 4) is 0 Å². The lowest BCUT2D eigenvalue weighted by Gasteiger charge is -2.28. The molecule has 5 amide bonds. The van der Waals surface area contributed by atoms with Crippen molar-refractivity contribution in [1.82, 2.24) is 15.3 Å². The van der Waals surface area contributed by atoms with E-state index in [-0.39, 0.29) is 59.9 Å². The van der Waals surface area contributed by atoms with Gasteiger partial charge in [-0.2, -0.15) is 0 Å². The van der Waals surface area contributed by atoms with E-state index < -0.39 is 17.8 Å². The van der Waals surface area contributed by atoms with Gasteiger partial charge in [-0.3, -0.25) is 33.7 Å². The molecule has 0 radical (unpaired) electrons. The largest absolute Gasteiger partial charge is 0.356 e. The molecule has 3 fully saturated rings. The molecule has 0 aromatic heterocycles. The molecular formula is C36H49N3O8S. The number of hydroxylamine groups is 2. The first-order chi connectivity index (χ1) is 23.2. The number of benzene rings is 1. The van der Waals surface area contributed by atoms with E-state index in [1.807, 2.05) is 30.3 Å². The number of rotatable bonds is 20. The third kappa shape index (κ3) is 11.9. The van der Waals surface area contributed by atoms with Crippen molar-refractivity contribution >= 4 is 53.1 Å². The summed E-state index contributed by atoms with van der Waals surface area (Å²) in [6.07, 6.45) is 10.4. The van der Waals surface area contributed by atoms with E-state index in [2.05, 4.69) is 5.32 Å². The number of unbranched alkanes of at least 4 members (excludes halogenated alkanes) is 5. The number of ketones is 1. The molecule has 48 heavy (non-hydrogen) atoms. The van der Waals surface area contributed by atoms with Crippen LogP contribution in [0, 0.1) is 11.8 Å². The van der Waals surface area contributed by atoms with Crippen LogP contribution in [0.3, 0.4) is 0 Å². The summed E-state index contributed by atoms with van der Waals surface area (Å²) < 4.78 is 0. The zero-order valence-corrected chi connectivity index (χ0v) is 28.6. The Morgan fingerprint density at radius 2 is 1.46 bits per heavy atom. The van der Waals surface area contributed by atoms with Gasteiger partial charge in [0, 0.05) is 51.6 Å². The monoisotopic (exact) mass is 683 g/mol. The van der Waals surface area contributed by atoms with Gasteiger partial charge in [0.15, 0.2) is 0 Å². The minimum absolute atomic E-state index is 0.0360. The van der Waals surface area contributed by atoms with Crippen molar-refractivity contribution in [2.75, 3.05) is 18.8 Å². The predicted octanol–water partition coefficient (Wildman–Crippen LogP) is 4.70. The van der Waals surface area contributed by atoms with E-state index in [0.717, 1.165) is 56.3 Å². The highest BCUT2D eigenvalue weighted by atomic mass is 32.2. The van der Waals surface area contributed by atoms with Crippen LogP contribution in [0.25, 0.3) is 0 Å². The molecule has 1 saturated carbocycles. The van der Waals surface area contributed by atoms with Crippen LogP contribution in [0.5, 0.6) is 0 Å². The number of hydrogen-bond donors (Lipinski definition) is 1. The molecule has 1 N–H and O–H groups in total. The van der Waals surface area contributed by atoms with Crippen LogP contribution in [-0.4, -0.2) is 75.3 Å². The van der Waals surface area contributed by atoms with Crippen LogP contribution in [0.2, 0.25) is 0 Å². The maximum Gasteiger partial charge on any atom is 0.336 e. The quantitative estimate of drug-likeness (QED) is 0.153. The average molecular weight is 684 g/mol. The molecule has 1 aromatic rings. The fourth-order valence-electron chi connectivity index (χ4n) is 6.44. The SMILES string of the molecule is O=C(CCCCCCSC1CC(=O)N(CCCCCC(=O)NCC2CCC(C(=O)ON3C(=O)CCC3=O)CC2)C1=O)Cc1ccccc1. The Labute approximate surface area is 287 Å². The maximum atomic E-state index is 12.8. The molecule has 3 aliphatic rings. The Hall–Kier alpha value is -3.54. The number of nitrogens with one attached hydrogen (secondary N) is 1. The van der Waals surface area contributed by atoms with Gasteiger partial charge in [0.05, 0.1) is 11.2 Å². The molecule has 2 heterocycles. The maximum absolute atomic E-state index is 12.8. The van der Waals surface area contributed by atoms with E-state index in [9.17, 15) is 33.6 Å². The van der Waals surface area contributed by atoms with Crippen molar-refractivity contribution in [2.45, 2.75) is 114 Å². The zero-order chi connectivity index (χ0) is 34.3. The number of likely N-dealkylation sites (tertiary alicyclic amines) is 1. The van der Waals surface area contributed by atoms with Gasteiger partial charge in [0.1, 0.15) is 5.78 Å². The number of carbonyl (C=O) groups excluding carboxylic acids is 7. The molecule has 2 saturated heterocycles. The molecule has 0 spiro atoms. The molecule has 2 aliphatic heterocycles. The molecule has 0 bridgehead atoms. The van der Waals surface area contributed by atoms with Gasteiger partial charge >= 0.3 is 5.97 Å². The van der Waals surface area contributed by atoms with Crippen LogP contribution in [-0.2, 0) is 44.8 Å². The second-order valence-electron chi connectivity index (χ2n) is 13.1. The summed E-state index contributed by atoms with van der Waals surface area (Å²) in [4.78, 5) is 91.9. The Balaban J connectivity index is 0.977. The molecule has 1 unspecified atom stereocenters. The van der Waals surface area contributed by atoms with E-state index in [1.54, 1.807) is 11.8 Å². The van der Waals surface area contributed by atoms with Gasteiger partial charge in [0.2, 0.25) is 17.7 Å². The summed E-state index contributed by atoms with van der Waals surface area (Å²) in [5.74, 6) is -0.771. The van der Waals surface area contributed by atoms with Crippen molar-refractivity contribution in [1.29, 1.82) is 0 Å². The Kier molecular flexibility index (Phi) is 15.1. The number of carbonyl (C=O) groups is 7. The lowest BCUT2D eigenvalue weighted by Crippen LogP contribution is -2.37. The van der Waals surface area contributed by atoms with Gasteiger partial charge < -0.3 is 10.2 Å². The summed E-state index contributed by atoms with van der Waals surface area (Å²) in [5, 5.41) is 3.26. The van der Waals surface area contributed by atoms with Gasteiger partial charge in [-0.25, -0.2) is 4.79 Å². The first kappa shape index (κ1) is 37.3. The molecule has 262 valence electrons. The lowest BCUT2D eigenvalue weighted by molar-refractivity contribution is -0.201. The summed E-state index contributed by atoms with van der Waals surface area (Å²) in [6, 6.07) is 9.79. The third-order valence-corrected chi connectivity index (χ3v) is 10.7. The second-order valence-corrected chi connectivity index (χ2v) is 14.4. The first-order valence-electron chi connectivity index (χ1n) is 17.6. The summed E-state index contributed by atoms with van der Waals surface area (Å²) >= 11 is 1.56. The molecule has 1 aromatic carbocycles. The highest BCUT2D eigenvalue weighted by Crippen LogP contribution is 2.30. The van der Waals surface area contributed by atoms with Gasteiger partial charge in [-0.1, -0.05) is 49.6 Å². The van der Waals surface area contributed by atoms with Crippen molar-refractivity contribution in [2.24, 2.45) is 11.8 Å². The van der Waals surface area contributed by atoms with E-state index in [0.29, 0.717) is 63.1 Å². The standard InChI is InChI=1S/C36H49N3O8S/c40-29(23-26-11-5-3-6-12-26)13-7-1-2-10-22-48-30-24-34(44)38(35(30)45)21-9-4-8-14-31(41)37-25-27-15-17-28(18-16-27)36(46)47-39-32(42)19-20-33(39)43/h3,5-6,11-12,27-28,30H,1-2,4,7-10,13-25H2,(H,37,41). The van der Waals surface area contributed by atoms with E-state index >= 15 is 0 Å². The number of imide groups is 2. The predicted molar refractivity (Wildman–Crippen MR) is 180 cm³/mol. The fourth-order valence-corrected chi connectivity index (χ4v) is 7.62. The van der Waals surface area contributed by atoms with Crippen LogP contribution in [0.15, 0.2) is 30.3 Å². The molecular weight excluding hydrogens is 634 g/mol. The highest BCUT2D eigenvalue weighted by Gasteiger charge is 2.38. The summed E-state index contributed by atoms with van der Waals surface area (Å²) in [7, 11) is 0. The van der Waals surface area contributed by atoms with Crippen LogP contribution in [0.4, 0.5) is 0 Å². The fraction of sp³-hybridized carbons (Fsp3) is 0.639. The van der Waals surface area contributed by atoms with Gasteiger partial charge in [-0.05, 0) is 68.6 Å². The Bertz CT molecular complexity index is 1280. The average Bonchev–Trinajstić information content (AvgIpc) is 3.54. The van der Waals surface area contributed by atoms with Gasteiger partial charge in [-0.15, -0.1) is 16.8 Å². The third-order valence-electron chi connectivity index (χ3n) is 9.36. The van der Waals surface area contributed by atoms with Gasteiger partial charge in [0.25, 0.3) is 11.8 Å². The van der Waals surface area contributed by atoms with Crippen LogP contribution in [0.1, 0.15) is 108 Å². The number of Topliss-reactive ketones (excluding diaryl/α,β-unsaturated/α-hetero) is 1. The number of hydrogen-bond acceptors (Lipinski definition) is 9. The topological polar surface area (TPSA) is 147 Å². The van der Waals surface area contributed by atoms with Crippen molar-refractivity contribution in [3.05, 3.63) is 35.9 Å². The normalized spacial score (nSPS) is 21.2. The van der Waals surface area contributed by atoms with E-state index in [4.69, 9.17) is 4.84 Å². The second kappa shape index (κ2) is 19.5.